The highest BCUT2D eigenvalue weighted by Crippen LogP contribution is 2.17. The molecule has 3 rings (SSSR count). The van der Waals surface area contributed by atoms with Crippen LogP contribution >= 0.6 is 0 Å². The van der Waals surface area contributed by atoms with Crippen LogP contribution in [-0.4, -0.2) is 27.5 Å². The summed E-state index contributed by atoms with van der Waals surface area (Å²) in [6.45, 7) is 0.180. The lowest BCUT2D eigenvalue weighted by molar-refractivity contribution is -0.120. The van der Waals surface area contributed by atoms with Crippen LogP contribution in [0.4, 0.5) is 4.79 Å². The molecule has 1 heterocycles. The van der Waals surface area contributed by atoms with Crippen molar-refractivity contribution >= 4 is 22.8 Å². The van der Waals surface area contributed by atoms with Crippen molar-refractivity contribution in [2.45, 2.75) is 44.7 Å². The number of benzene rings is 1. The molecule has 2 aromatic rings. The molecule has 3 amide bonds. The van der Waals surface area contributed by atoms with Gasteiger partial charge in [0.15, 0.2) is 0 Å². The molecule has 7 nitrogen and oxygen atoms in total. The van der Waals surface area contributed by atoms with Gasteiger partial charge in [0.2, 0.25) is 5.91 Å². The van der Waals surface area contributed by atoms with E-state index in [0.29, 0.717) is 10.9 Å². The average molecular weight is 328 g/mol. The van der Waals surface area contributed by atoms with Gasteiger partial charge in [0, 0.05) is 19.0 Å². The third-order valence-electron chi connectivity index (χ3n) is 4.25. The number of para-hydroxylation sites is 1. The summed E-state index contributed by atoms with van der Waals surface area (Å²) in [5.74, 6) is -0.412. The second kappa shape index (κ2) is 7.25. The third kappa shape index (κ3) is 3.79. The van der Waals surface area contributed by atoms with Crippen LogP contribution in [-0.2, 0) is 11.3 Å². The molecule has 2 N–H and O–H groups in total. The number of aromatic nitrogens is 2. The zero-order valence-electron chi connectivity index (χ0n) is 13.3. The van der Waals surface area contributed by atoms with Crippen molar-refractivity contribution < 1.29 is 9.59 Å². The van der Waals surface area contributed by atoms with E-state index < -0.39 is 11.9 Å². The van der Waals surface area contributed by atoms with Gasteiger partial charge in [0.25, 0.3) is 5.56 Å². The molecule has 126 valence electrons. The van der Waals surface area contributed by atoms with E-state index in [1.165, 1.54) is 10.9 Å². The SMILES string of the molecule is O=C(CCn1cnc2ccccc2c1=O)NC(=O)NC1CCCC1. The van der Waals surface area contributed by atoms with Gasteiger partial charge in [-0.3, -0.25) is 19.5 Å². The Morgan fingerprint density at radius 3 is 2.75 bits per heavy atom. The highest BCUT2D eigenvalue weighted by molar-refractivity contribution is 5.94. The molecule has 1 aromatic heterocycles. The summed E-state index contributed by atoms with van der Waals surface area (Å²) in [4.78, 5) is 40.1. The molecular formula is C17H20N4O3. The maximum atomic E-state index is 12.3. The Balaban J connectivity index is 1.55. The number of hydrogen-bond acceptors (Lipinski definition) is 4. The Morgan fingerprint density at radius 1 is 1.21 bits per heavy atom. The topological polar surface area (TPSA) is 93.1 Å². The number of carbonyl (C=O) groups excluding carboxylic acids is 2. The van der Waals surface area contributed by atoms with Crippen LogP contribution in [0.1, 0.15) is 32.1 Å². The van der Waals surface area contributed by atoms with Crippen LogP contribution in [0.15, 0.2) is 35.4 Å². The fraction of sp³-hybridized carbons (Fsp3) is 0.412. The van der Waals surface area contributed by atoms with E-state index >= 15 is 0 Å². The summed E-state index contributed by atoms with van der Waals surface area (Å²) in [5, 5.41) is 5.61. The Bertz CT molecular complexity index is 809. The first-order chi connectivity index (χ1) is 11.6. The van der Waals surface area contributed by atoms with Crippen molar-refractivity contribution in [3.05, 3.63) is 40.9 Å². The Morgan fingerprint density at radius 2 is 1.96 bits per heavy atom. The normalized spacial score (nSPS) is 14.7. The summed E-state index contributed by atoms with van der Waals surface area (Å²) < 4.78 is 1.39. The quantitative estimate of drug-likeness (QED) is 0.890. The Hall–Kier alpha value is -2.70. The Labute approximate surface area is 139 Å². The first-order valence-electron chi connectivity index (χ1n) is 8.18. The number of fused-ring (bicyclic) bond motifs is 1. The molecule has 24 heavy (non-hydrogen) atoms. The standard InChI is InChI=1S/C17H20N4O3/c22-15(20-17(24)19-12-5-1-2-6-12)9-10-21-11-18-14-8-4-3-7-13(14)16(21)23/h3-4,7-8,11-12H,1-2,5-6,9-10H2,(H2,19,20,22,24). The zero-order chi connectivity index (χ0) is 16.9. The van der Waals surface area contributed by atoms with Gasteiger partial charge in [0.05, 0.1) is 17.2 Å². The van der Waals surface area contributed by atoms with E-state index in [2.05, 4.69) is 15.6 Å². The van der Waals surface area contributed by atoms with Crippen molar-refractivity contribution in [2.75, 3.05) is 0 Å². The molecule has 7 heteroatoms. The van der Waals surface area contributed by atoms with Gasteiger partial charge in [-0.2, -0.15) is 0 Å². The number of amides is 3. The molecular weight excluding hydrogens is 308 g/mol. The summed E-state index contributed by atoms with van der Waals surface area (Å²) >= 11 is 0. The number of hydrogen-bond donors (Lipinski definition) is 2. The molecule has 1 aliphatic carbocycles. The largest absolute Gasteiger partial charge is 0.335 e. The van der Waals surface area contributed by atoms with Crippen molar-refractivity contribution in [1.82, 2.24) is 20.2 Å². The minimum atomic E-state index is -0.462. The summed E-state index contributed by atoms with van der Waals surface area (Å²) in [6, 6.07) is 6.75. The number of imide groups is 1. The van der Waals surface area contributed by atoms with Crippen molar-refractivity contribution in [1.29, 1.82) is 0 Å². The fourth-order valence-corrected chi connectivity index (χ4v) is 2.97. The maximum absolute atomic E-state index is 12.3. The monoisotopic (exact) mass is 328 g/mol. The maximum Gasteiger partial charge on any atom is 0.321 e. The number of nitrogens with one attached hydrogen (secondary N) is 2. The predicted molar refractivity (Wildman–Crippen MR) is 89.6 cm³/mol. The van der Waals surface area contributed by atoms with Crippen LogP contribution in [0.3, 0.4) is 0 Å². The summed E-state index contributed by atoms with van der Waals surface area (Å²) in [7, 11) is 0. The van der Waals surface area contributed by atoms with Crippen LogP contribution in [0.2, 0.25) is 0 Å². The molecule has 0 atom stereocenters. The van der Waals surface area contributed by atoms with Gasteiger partial charge in [-0.05, 0) is 25.0 Å². The summed E-state index contributed by atoms with van der Waals surface area (Å²) in [6.07, 6.45) is 5.60. The molecule has 0 bridgehead atoms. The van der Waals surface area contributed by atoms with Crippen molar-refractivity contribution in [2.24, 2.45) is 0 Å². The second-order valence-corrected chi connectivity index (χ2v) is 6.01. The molecule has 1 aliphatic rings. The van der Waals surface area contributed by atoms with Gasteiger partial charge < -0.3 is 5.32 Å². The van der Waals surface area contributed by atoms with Crippen LogP contribution in [0.25, 0.3) is 10.9 Å². The fourth-order valence-electron chi connectivity index (χ4n) is 2.97. The molecule has 0 radical (unpaired) electrons. The first-order valence-corrected chi connectivity index (χ1v) is 8.18. The van der Waals surface area contributed by atoms with Crippen molar-refractivity contribution in [3.8, 4) is 0 Å². The molecule has 1 fully saturated rings. The van der Waals surface area contributed by atoms with E-state index in [9.17, 15) is 14.4 Å². The molecule has 0 unspecified atom stereocenters. The predicted octanol–water partition coefficient (Wildman–Crippen LogP) is 1.55. The van der Waals surface area contributed by atoms with Gasteiger partial charge in [-0.15, -0.1) is 0 Å². The van der Waals surface area contributed by atoms with Crippen LogP contribution in [0.5, 0.6) is 0 Å². The smallest absolute Gasteiger partial charge is 0.321 e. The number of urea groups is 1. The van der Waals surface area contributed by atoms with Crippen molar-refractivity contribution in [3.63, 3.8) is 0 Å². The lowest BCUT2D eigenvalue weighted by Crippen LogP contribution is -2.43. The van der Waals surface area contributed by atoms with Gasteiger partial charge >= 0.3 is 6.03 Å². The number of aryl methyl sites for hydroxylation is 1. The molecule has 0 aliphatic heterocycles. The highest BCUT2D eigenvalue weighted by Gasteiger charge is 2.18. The second-order valence-electron chi connectivity index (χ2n) is 6.01. The first kappa shape index (κ1) is 16.2. The molecule has 1 saturated carbocycles. The molecule has 1 aromatic carbocycles. The highest BCUT2D eigenvalue weighted by atomic mass is 16.2. The third-order valence-corrected chi connectivity index (χ3v) is 4.25. The minimum Gasteiger partial charge on any atom is -0.335 e. The van der Waals surface area contributed by atoms with E-state index in [0.717, 1.165) is 25.7 Å². The van der Waals surface area contributed by atoms with E-state index in [-0.39, 0.29) is 24.6 Å². The number of carbonyl (C=O) groups is 2. The minimum absolute atomic E-state index is 0.0397. The van der Waals surface area contributed by atoms with E-state index in [1.807, 2.05) is 6.07 Å². The van der Waals surface area contributed by atoms with Crippen LogP contribution < -0.4 is 16.2 Å². The van der Waals surface area contributed by atoms with E-state index in [1.54, 1.807) is 18.2 Å². The zero-order valence-corrected chi connectivity index (χ0v) is 13.3. The Kier molecular flexibility index (Phi) is 4.88. The molecule has 0 spiro atoms. The lowest BCUT2D eigenvalue weighted by atomic mass is 10.2. The van der Waals surface area contributed by atoms with Gasteiger partial charge in [-0.25, -0.2) is 9.78 Å². The van der Waals surface area contributed by atoms with E-state index in [4.69, 9.17) is 0 Å². The summed E-state index contributed by atoms with van der Waals surface area (Å²) in [5.41, 5.74) is 0.433. The molecule has 0 saturated heterocycles. The average Bonchev–Trinajstić information content (AvgIpc) is 3.07. The van der Waals surface area contributed by atoms with Gasteiger partial charge in [0.1, 0.15) is 0 Å². The number of rotatable bonds is 4. The van der Waals surface area contributed by atoms with Gasteiger partial charge in [-0.1, -0.05) is 25.0 Å². The lowest BCUT2D eigenvalue weighted by Gasteiger charge is -2.12. The number of nitrogens with zero attached hydrogens (tertiary/aromatic N) is 2. The van der Waals surface area contributed by atoms with Crippen LogP contribution in [0, 0.1) is 0 Å².